The highest BCUT2D eigenvalue weighted by molar-refractivity contribution is 7.92. The van der Waals surface area contributed by atoms with E-state index in [0.717, 1.165) is 5.69 Å². The predicted molar refractivity (Wildman–Crippen MR) is 67.8 cm³/mol. The van der Waals surface area contributed by atoms with Crippen molar-refractivity contribution < 1.29 is 8.42 Å². The standard InChI is InChI=1S/C10H13N5O2S/c1-11-8-3-5-9(6-4-8)18(16,17)14-10-12-7-13-15(10)2/h3-7,11H,1-2H3,(H,12,13,14). The summed E-state index contributed by atoms with van der Waals surface area (Å²) in [5.41, 5.74) is 0.840. The van der Waals surface area contributed by atoms with E-state index in [0.29, 0.717) is 0 Å². The molecule has 0 bridgehead atoms. The summed E-state index contributed by atoms with van der Waals surface area (Å²) in [6.45, 7) is 0. The molecule has 1 aromatic heterocycles. The van der Waals surface area contributed by atoms with Crippen LogP contribution in [0.1, 0.15) is 0 Å². The van der Waals surface area contributed by atoms with Gasteiger partial charge in [-0.15, -0.1) is 0 Å². The lowest BCUT2D eigenvalue weighted by Crippen LogP contribution is -2.16. The smallest absolute Gasteiger partial charge is 0.264 e. The largest absolute Gasteiger partial charge is 0.388 e. The summed E-state index contributed by atoms with van der Waals surface area (Å²) >= 11 is 0. The number of sulfonamides is 1. The van der Waals surface area contributed by atoms with Crippen molar-refractivity contribution in [1.82, 2.24) is 14.8 Å². The maximum Gasteiger partial charge on any atom is 0.264 e. The molecule has 2 aromatic rings. The second-order valence-electron chi connectivity index (χ2n) is 3.59. The van der Waals surface area contributed by atoms with Gasteiger partial charge in [0.15, 0.2) is 0 Å². The summed E-state index contributed by atoms with van der Waals surface area (Å²) in [7, 11) is -0.261. The minimum atomic E-state index is -3.63. The quantitative estimate of drug-likeness (QED) is 0.849. The fraction of sp³-hybridized carbons (Fsp3) is 0.200. The molecule has 0 saturated heterocycles. The Hall–Kier alpha value is -2.09. The van der Waals surface area contributed by atoms with E-state index >= 15 is 0 Å². The third-order valence-electron chi connectivity index (χ3n) is 2.39. The van der Waals surface area contributed by atoms with Crippen molar-refractivity contribution in [2.75, 3.05) is 17.1 Å². The van der Waals surface area contributed by atoms with E-state index in [1.54, 1.807) is 26.2 Å². The normalized spacial score (nSPS) is 11.2. The van der Waals surface area contributed by atoms with Gasteiger partial charge in [-0.2, -0.15) is 10.1 Å². The molecule has 2 rings (SSSR count). The van der Waals surface area contributed by atoms with Gasteiger partial charge in [-0.25, -0.2) is 17.8 Å². The van der Waals surface area contributed by atoms with Crippen LogP contribution in [0, 0.1) is 0 Å². The maximum atomic E-state index is 12.0. The van der Waals surface area contributed by atoms with Crippen LogP contribution in [0.4, 0.5) is 11.6 Å². The van der Waals surface area contributed by atoms with Gasteiger partial charge in [-0.3, -0.25) is 0 Å². The van der Waals surface area contributed by atoms with Gasteiger partial charge in [-0.1, -0.05) is 0 Å². The Labute approximate surface area is 105 Å². The fourth-order valence-electron chi connectivity index (χ4n) is 1.37. The van der Waals surface area contributed by atoms with E-state index in [1.807, 2.05) is 0 Å². The van der Waals surface area contributed by atoms with E-state index in [9.17, 15) is 8.42 Å². The molecule has 1 heterocycles. The van der Waals surface area contributed by atoms with Gasteiger partial charge in [0.25, 0.3) is 10.0 Å². The van der Waals surface area contributed by atoms with Crippen molar-refractivity contribution >= 4 is 21.7 Å². The third-order valence-corrected chi connectivity index (χ3v) is 3.73. The summed E-state index contributed by atoms with van der Waals surface area (Å²) < 4.78 is 27.8. The summed E-state index contributed by atoms with van der Waals surface area (Å²) in [5.74, 6) is 0.174. The topological polar surface area (TPSA) is 88.9 Å². The summed E-state index contributed by atoms with van der Waals surface area (Å²) in [6, 6.07) is 6.41. The molecule has 0 aliphatic rings. The van der Waals surface area contributed by atoms with Crippen molar-refractivity contribution in [2.45, 2.75) is 4.90 Å². The average molecular weight is 267 g/mol. The number of benzene rings is 1. The number of hydrogen-bond donors (Lipinski definition) is 2. The summed E-state index contributed by atoms with van der Waals surface area (Å²) in [5, 5.41) is 6.71. The number of aromatic nitrogens is 3. The highest BCUT2D eigenvalue weighted by atomic mass is 32.2. The summed E-state index contributed by atoms with van der Waals surface area (Å²) in [6.07, 6.45) is 1.28. The number of nitrogens with zero attached hydrogens (tertiary/aromatic N) is 3. The lowest BCUT2D eigenvalue weighted by molar-refractivity contribution is 0.600. The molecule has 2 N–H and O–H groups in total. The number of rotatable bonds is 4. The van der Waals surface area contributed by atoms with Crippen LogP contribution < -0.4 is 10.0 Å². The molecule has 7 nitrogen and oxygen atoms in total. The first-order valence-corrected chi connectivity index (χ1v) is 6.66. The van der Waals surface area contributed by atoms with Gasteiger partial charge < -0.3 is 5.32 Å². The van der Waals surface area contributed by atoms with Gasteiger partial charge in [0.05, 0.1) is 4.90 Å². The molecule has 8 heteroatoms. The Morgan fingerprint density at radius 2 is 1.89 bits per heavy atom. The Morgan fingerprint density at radius 1 is 1.22 bits per heavy atom. The SMILES string of the molecule is CNc1ccc(S(=O)(=O)Nc2ncnn2C)cc1. The number of hydrogen-bond acceptors (Lipinski definition) is 5. The molecular weight excluding hydrogens is 254 g/mol. The van der Waals surface area contributed by atoms with E-state index in [-0.39, 0.29) is 10.8 Å². The maximum absolute atomic E-state index is 12.0. The lowest BCUT2D eigenvalue weighted by atomic mass is 10.3. The second-order valence-corrected chi connectivity index (χ2v) is 5.27. The van der Waals surface area contributed by atoms with Gasteiger partial charge in [0.2, 0.25) is 5.95 Å². The van der Waals surface area contributed by atoms with Gasteiger partial charge in [0.1, 0.15) is 6.33 Å². The van der Waals surface area contributed by atoms with Crippen LogP contribution in [0.3, 0.4) is 0 Å². The minimum Gasteiger partial charge on any atom is -0.388 e. The van der Waals surface area contributed by atoms with E-state index in [2.05, 4.69) is 20.1 Å². The molecule has 0 unspecified atom stereocenters. The average Bonchev–Trinajstić information content (AvgIpc) is 2.74. The lowest BCUT2D eigenvalue weighted by Gasteiger charge is -2.07. The van der Waals surface area contributed by atoms with Crippen LogP contribution in [-0.4, -0.2) is 30.2 Å². The predicted octanol–water partition coefficient (Wildman–Crippen LogP) is 0.658. The van der Waals surface area contributed by atoms with Crippen molar-refractivity contribution in [1.29, 1.82) is 0 Å². The molecule has 96 valence electrons. The van der Waals surface area contributed by atoms with E-state index < -0.39 is 10.0 Å². The van der Waals surface area contributed by atoms with Crippen LogP contribution in [0.15, 0.2) is 35.5 Å². The van der Waals surface area contributed by atoms with Gasteiger partial charge in [0, 0.05) is 19.8 Å². The van der Waals surface area contributed by atoms with Crippen LogP contribution in [0.25, 0.3) is 0 Å². The Kier molecular flexibility index (Phi) is 3.19. The van der Waals surface area contributed by atoms with E-state index in [4.69, 9.17) is 0 Å². The van der Waals surface area contributed by atoms with Crippen LogP contribution in [0.2, 0.25) is 0 Å². The minimum absolute atomic E-state index is 0.171. The molecule has 0 spiro atoms. The van der Waals surface area contributed by atoms with Crippen LogP contribution in [0.5, 0.6) is 0 Å². The number of nitrogens with one attached hydrogen (secondary N) is 2. The molecule has 0 fully saturated rings. The Bertz CT molecular complexity index is 633. The first-order chi connectivity index (χ1) is 8.53. The molecular formula is C10H13N5O2S. The Morgan fingerprint density at radius 3 is 2.39 bits per heavy atom. The number of anilines is 2. The van der Waals surface area contributed by atoms with Crippen LogP contribution >= 0.6 is 0 Å². The molecule has 0 saturated carbocycles. The zero-order valence-electron chi connectivity index (χ0n) is 9.95. The third kappa shape index (κ3) is 2.43. The monoisotopic (exact) mass is 267 g/mol. The Balaban J connectivity index is 2.28. The molecule has 0 amide bonds. The van der Waals surface area contributed by atoms with Gasteiger partial charge >= 0.3 is 0 Å². The summed E-state index contributed by atoms with van der Waals surface area (Å²) in [4.78, 5) is 3.98. The van der Waals surface area contributed by atoms with E-state index in [1.165, 1.54) is 23.1 Å². The molecule has 18 heavy (non-hydrogen) atoms. The second kappa shape index (κ2) is 4.65. The highest BCUT2D eigenvalue weighted by Crippen LogP contribution is 2.16. The molecule has 0 radical (unpaired) electrons. The first-order valence-electron chi connectivity index (χ1n) is 5.17. The van der Waals surface area contributed by atoms with Crippen molar-refractivity contribution in [2.24, 2.45) is 7.05 Å². The molecule has 0 aliphatic carbocycles. The van der Waals surface area contributed by atoms with Crippen LogP contribution in [-0.2, 0) is 17.1 Å². The van der Waals surface area contributed by atoms with Crippen molar-refractivity contribution in [3.63, 3.8) is 0 Å². The van der Waals surface area contributed by atoms with Gasteiger partial charge in [-0.05, 0) is 24.3 Å². The highest BCUT2D eigenvalue weighted by Gasteiger charge is 2.16. The number of aryl methyl sites for hydroxylation is 1. The zero-order chi connectivity index (χ0) is 13.2. The van der Waals surface area contributed by atoms with Crippen molar-refractivity contribution in [3.8, 4) is 0 Å². The molecule has 0 atom stereocenters. The fourth-order valence-corrected chi connectivity index (χ4v) is 2.41. The molecule has 1 aromatic carbocycles. The van der Waals surface area contributed by atoms with Crippen molar-refractivity contribution in [3.05, 3.63) is 30.6 Å². The zero-order valence-corrected chi connectivity index (χ0v) is 10.8. The molecule has 0 aliphatic heterocycles. The first kappa shape index (κ1) is 12.4.